The van der Waals surface area contributed by atoms with Crippen LogP contribution < -0.4 is 5.32 Å². The summed E-state index contributed by atoms with van der Waals surface area (Å²) in [6, 6.07) is 13.6. The van der Waals surface area contributed by atoms with Gasteiger partial charge in [0.15, 0.2) is 0 Å². The molecule has 6 nitrogen and oxygen atoms in total. The van der Waals surface area contributed by atoms with E-state index in [1.807, 2.05) is 56.3 Å². The number of carbonyl (C=O) groups is 1. The third-order valence-corrected chi connectivity index (χ3v) is 6.47. The van der Waals surface area contributed by atoms with Crippen LogP contribution >= 0.6 is 11.8 Å². The standard InChI is InChI=1S/C24H31NO5S/c1-4-5-19(26)25-18-10-7-15(8-11-18)12-17-13-16(9-6-14(17)2)23-21(28)20(27)22(29)24(30-23)31-3/h6-11,13,20-24,27-29H,4-5,12H2,1-3H3,(H,25,26)/t20-,21-,22+,23+,24-/m1/s1. The van der Waals surface area contributed by atoms with E-state index in [4.69, 9.17) is 4.74 Å². The van der Waals surface area contributed by atoms with Crippen LogP contribution in [0.25, 0.3) is 0 Å². The smallest absolute Gasteiger partial charge is 0.224 e. The third kappa shape index (κ3) is 5.67. The predicted molar refractivity (Wildman–Crippen MR) is 123 cm³/mol. The summed E-state index contributed by atoms with van der Waals surface area (Å²) >= 11 is 1.30. The fourth-order valence-electron chi connectivity index (χ4n) is 3.75. The largest absolute Gasteiger partial charge is 0.387 e. The van der Waals surface area contributed by atoms with E-state index < -0.39 is 29.9 Å². The Morgan fingerprint density at radius 3 is 2.42 bits per heavy atom. The van der Waals surface area contributed by atoms with E-state index in [0.29, 0.717) is 12.8 Å². The fourth-order valence-corrected chi connectivity index (χ4v) is 4.42. The summed E-state index contributed by atoms with van der Waals surface area (Å²) in [5.41, 5.74) is 4.22. The lowest BCUT2D eigenvalue weighted by Crippen LogP contribution is -2.52. The molecular formula is C24H31NO5S. The van der Waals surface area contributed by atoms with Gasteiger partial charge in [-0.25, -0.2) is 0 Å². The second-order valence-electron chi connectivity index (χ2n) is 7.99. The van der Waals surface area contributed by atoms with E-state index in [-0.39, 0.29) is 5.91 Å². The Balaban J connectivity index is 1.76. The molecule has 168 valence electrons. The number of hydrogen-bond donors (Lipinski definition) is 4. The van der Waals surface area contributed by atoms with Crippen LogP contribution in [0.3, 0.4) is 0 Å². The third-order valence-electron chi connectivity index (χ3n) is 5.61. The molecule has 0 aromatic heterocycles. The second-order valence-corrected chi connectivity index (χ2v) is 8.93. The molecule has 1 aliphatic heterocycles. The molecule has 1 saturated heterocycles. The summed E-state index contributed by atoms with van der Waals surface area (Å²) in [7, 11) is 0. The number of aliphatic hydroxyl groups excluding tert-OH is 3. The number of aliphatic hydroxyl groups is 3. The normalized spacial score (nSPS) is 25.9. The van der Waals surface area contributed by atoms with Crippen LogP contribution in [0, 0.1) is 6.92 Å². The van der Waals surface area contributed by atoms with Gasteiger partial charge in [-0.1, -0.05) is 37.3 Å². The fraction of sp³-hybridized carbons (Fsp3) is 0.458. The molecule has 2 aromatic carbocycles. The van der Waals surface area contributed by atoms with Crippen molar-refractivity contribution < 1.29 is 24.9 Å². The number of carbonyl (C=O) groups excluding carboxylic acids is 1. The number of anilines is 1. The van der Waals surface area contributed by atoms with E-state index >= 15 is 0 Å². The molecular weight excluding hydrogens is 414 g/mol. The lowest BCUT2D eigenvalue weighted by molar-refractivity contribution is -0.200. The highest BCUT2D eigenvalue weighted by atomic mass is 32.2. The zero-order valence-corrected chi connectivity index (χ0v) is 18.9. The summed E-state index contributed by atoms with van der Waals surface area (Å²) in [4.78, 5) is 11.8. The molecule has 0 bridgehead atoms. The maximum Gasteiger partial charge on any atom is 0.224 e. The number of hydrogen-bond acceptors (Lipinski definition) is 6. The summed E-state index contributed by atoms with van der Waals surface area (Å²) in [6.45, 7) is 4.00. The average molecular weight is 446 g/mol. The molecule has 0 unspecified atom stereocenters. The number of ether oxygens (including phenoxy) is 1. The Bertz CT molecular complexity index is 886. The molecule has 2 aromatic rings. The van der Waals surface area contributed by atoms with Crippen molar-refractivity contribution in [3.63, 3.8) is 0 Å². The maximum absolute atomic E-state index is 11.8. The number of benzene rings is 2. The molecule has 1 aliphatic rings. The van der Waals surface area contributed by atoms with E-state index in [0.717, 1.165) is 34.4 Å². The molecule has 1 fully saturated rings. The van der Waals surface area contributed by atoms with Gasteiger partial charge in [-0.2, -0.15) is 0 Å². The highest BCUT2D eigenvalue weighted by Crippen LogP contribution is 2.36. The van der Waals surface area contributed by atoms with Crippen molar-refractivity contribution >= 4 is 23.4 Å². The van der Waals surface area contributed by atoms with Gasteiger partial charge in [0.1, 0.15) is 29.9 Å². The average Bonchev–Trinajstić information content (AvgIpc) is 2.75. The van der Waals surface area contributed by atoms with Gasteiger partial charge in [-0.05, 0) is 60.4 Å². The van der Waals surface area contributed by atoms with Crippen LogP contribution in [0.5, 0.6) is 0 Å². The van der Waals surface area contributed by atoms with Crippen LogP contribution in [0.4, 0.5) is 5.69 Å². The van der Waals surface area contributed by atoms with Crippen molar-refractivity contribution in [2.75, 3.05) is 11.6 Å². The minimum atomic E-state index is -1.27. The lowest BCUT2D eigenvalue weighted by atomic mass is 9.91. The minimum absolute atomic E-state index is 0.0145. The van der Waals surface area contributed by atoms with Crippen molar-refractivity contribution in [1.29, 1.82) is 0 Å². The van der Waals surface area contributed by atoms with Crippen molar-refractivity contribution in [2.45, 2.75) is 63.0 Å². The molecule has 1 heterocycles. The highest BCUT2D eigenvalue weighted by molar-refractivity contribution is 7.99. The Labute approximate surface area is 187 Å². The molecule has 0 saturated carbocycles. The first kappa shape index (κ1) is 23.8. The molecule has 1 amide bonds. The summed E-state index contributed by atoms with van der Waals surface area (Å²) in [5, 5.41) is 33.7. The van der Waals surface area contributed by atoms with E-state index in [1.165, 1.54) is 11.8 Å². The van der Waals surface area contributed by atoms with Gasteiger partial charge >= 0.3 is 0 Å². The van der Waals surface area contributed by atoms with Gasteiger partial charge < -0.3 is 25.4 Å². The molecule has 0 spiro atoms. The van der Waals surface area contributed by atoms with Crippen LogP contribution in [-0.4, -0.2) is 51.2 Å². The molecule has 31 heavy (non-hydrogen) atoms. The van der Waals surface area contributed by atoms with Gasteiger partial charge in [0.25, 0.3) is 0 Å². The van der Waals surface area contributed by atoms with Crippen molar-refractivity contribution in [3.8, 4) is 0 Å². The Morgan fingerprint density at radius 1 is 1.06 bits per heavy atom. The molecule has 7 heteroatoms. The first-order chi connectivity index (χ1) is 14.8. The monoisotopic (exact) mass is 445 g/mol. The zero-order chi connectivity index (χ0) is 22.5. The van der Waals surface area contributed by atoms with Crippen LogP contribution in [0.15, 0.2) is 42.5 Å². The maximum atomic E-state index is 11.8. The first-order valence-corrected chi connectivity index (χ1v) is 11.8. The van der Waals surface area contributed by atoms with E-state index in [9.17, 15) is 20.1 Å². The minimum Gasteiger partial charge on any atom is -0.387 e. The number of thioether (sulfide) groups is 1. The lowest BCUT2D eigenvalue weighted by Gasteiger charge is -2.40. The van der Waals surface area contributed by atoms with Gasteiger partial charge in [0.05, 0.1) is 0 Å². The van der Waals surface area contributed by atoms with Gasteiger partial charge in [0, 0.05) is 12.1 Å². The highest BCUT2D eigenvalue weighted by Gasteiger charge is 2.44. The predicted octanol–water partition coefficient (Wildman–Crippen LogP) is 3.17. The summed E-state index contributed by atoms with van der Waals surface area (Å²) in [5.74, 6) is 0.0145. The number of amides is 1. The van der Waals surface area contributed by atoms with Crippen molar-refractivity contribution in [2.24, 2.45) is 0 Å². The molecule has 0 aliphatic carbocycles. The van der Waals surface area contributed by atoms with E-state index in [1.54, 1.807) is 6.26 Å². The molecule has 3 rings (SSSR count). The Kier molecular flexibility index (Phi) is 8.13. The van der Waals surface area contributed by atoms with Crippen molar-refractivity contribution in [1.82, 2.24) is 0 Å². The number of nitrogens with one attached hydrogen (secondary N) is 1. The quantitative estimate of drug-likeness (QED) is 0.523. The molecule has 5 atom stereocenters. The summed E-state index contributed by atoms with van der Waals surface area (Å²) in [6.07, 6.45) is -0.531. The topological polar surface area (TPSA) is 99.0 Å². The molecule has 4 N–H and O–H groups in total. The zero-order valence-electron chi connectivity index (χ0n) is 18.1. The van der Waals surface area contributed by atoms with Crippen LogP contribution in [0.1, 0.15) is 48.1 Å². The van der Waals surface area contributed by atoms with Gasteiger partial charge in [-0.15, -0.1) is 11.8 Å². The van der Waals surface area contributed by atoms with Crippen molar-refractivity contribution in [3.05, 3.63) is 64.7 Å². The van der Waals surface area contributed by atoms with Crippen LogP contribution in [0.2, 0.25) is 0 Å². The van der Waals surface area contributed by atoms with E-state index in [2.05, 4.69) is 5.32 Å². The SMILES string of the molecule is CCCC(=O)Nc1ccc(Cc2cc([C@@H]3O[C@H](SC)[C@@H](O)[C@H](O)[C@H]3O)ccc2C)cc1. The molecule has 0 radical (unpaired) electrons. The first-order valence-electron chi connectivity index (χ1n) is 10.5. The Hall–Kier alpha value is -1.90. The summed E-state index contributed by atoms with van der Waals surface area (Å²) < 4.78 is 5.90. The van der Waals surface area contributed by atoms with Crippen LogP contribution in [-0.2, 0) is 16.0 Å². The number of aryl methyl sites for hydroxylation is 1. The second kappa shape index (κ2) is 10.6. The number of rotatable bonds is 7. The Morgan fingerprint density at radius 2 is 1.77 bits per heavy atom. The van der Waals surface area contributed by atoms with Gasteiger partial charge in [-0.3, -0.25) is 4.79 Å². The van der Waals surface area contributed by atoms with Gasteiger partial charge in [0.2, 0.25) is 5.91 Å².